The van der Waals surface area contributed by atoms with E-state index in [1.165, 1.54) is 22.9 Å². The maximum Gasteiger partial charge on any atom is 0.254 e. The van der Waals surface area contributed by atoms with Crippen LogP contribution in [-0.2, 0) is 12.8 Å². The monoisotopic (exact) mass is 293 g/mol. The van der Waals surface area contributed by atoms with Crippen LogP contribution in [0.4, 0.5) is 0 Å². The molecule has 2 nitrogen and oxygen atoms in total. The highest BCUT2D eigenvalue weighted by Crippen LogP contribution is 2.34. The largest absolute Gasteiger partial charge is 0.338 e. The van der Waals surface area contributed by atoms with Gasteiger partial charge in [-0.1, -0.05) is 38.1 Å². The minimum atomic E-state index is 0.217. The number of aryl methyl sites for hydroxylation is 2. The Kier molecular flexibility index (Phi) is 3.21. The van der Waals surface area contributed by atoms with Crippen LogP contribution in [0.3, 0.4) is 0 Å². The van der Waals surface area contributed by atoms with Crippen molar-refractivity contribution in [3.8, 4) is 0 Å². The fraction of sp³-hybridized carbons (Fsp3) is 0.450. The summed E-state index contributed by atoms with van der Waals surface area (Å²) in [4.78, 5) is 15.1. The van der Waals surface area contributed by atoms with Gasteiger partial charge in [0.2, 0.25) is 0 Å². The second-order valence-corrected chi connectivity index (χ2v) is 7.27. The topological polar surface area (TPSA) is 20.3 Å². The first-order valence-corrected chi connectivity index (χ1v) is 8.46. The first-order chi connectivity index (χ1) is 10.6. The summed E-state index contributed by atoms with van der Waals surface area (Å²) in [5, 5.41) is 2.50. The number of carbonyl (C=O) groups is 1. The van der Waals surface area contributed by atoms with Crippen LogP contribution in [0.25, 0.3) is 10.8 Å². The van der Waals surface area contributed by atoms with Crippen LogP contribution >= 0.6 is 0 Å². The van der Waals surface area contributed by atoms with Crippen molar-refractivity contribution in [2.24, 2.45) is 11.8 Å². The van der Waals surface area contributed by atoms with Crippen molar-refractivity contribution in [3.63, 3.8) is 0 Å². The molecule has 22 heavy (non-hydrogen) atoms. The summed E-state index contributed by atoms with van der Waals surface area (Å²) < 4.78 is 0. The van der Waals surface area contributed by atoms with Gasteiger partial charge in [-0.05, 0) is 59.1 Å². The Morgan fingerprint density at radius 2 is 1.68 bits per heavy atom. The molecule has 0 radical (unpaired) electrons. The van der Waals surface area contributed by atoms with Crippen LogP contribution in [0, 0.1) is 11.8 Å². The van der Waals surface area contributed by atoms with Gasteiger partial charge in [0.15, 0.2) is 0 Å². The third-order valence-electron chi connectivity index (χ3n) is 5.26. The van der Waals surface area contributed by atoms with E-state index in [0.717, 1.165) is 36.9 Å². The van der Waals surface area contributed by atoms with Gasteiger partial charge in [0, 0.05) is 18.7 Å². The maximum absolute atomic E-state index is 13.1. The molecule has 2 aromatic carbocycles. The second-order valence-electron chi connectivity index (χ2n) is 7.27. The van der Waals surface area contributed by atoms with Crippen molar-refractivity contribution < 1.29 is 4.79 Å². The van der Waals surface area contributed by atoms with E-state index >= 15 is 0 Å². The van der Waals surface area contributed by atoms with E-state index in [4.69, 9.17) is 0 Å². The summed E-state index contributed by atoms with van der Waals surface area (Å²) in [5.41, 5.74) is 3.70. The van der Waals surface area contributed by atoms with Crippen molar-refractivity contribution in [2.75, 3.05) is 13.1 Å². The van der Waals surface area contributed by atoms with Crippen molar-refractivity contribution in [1.82, 2.24) is 4.90 Å². The van der Waals surface area contributed by atoms with Gasteiger partial charge in [-0.3, -0.25) is 4.79 Å². The second kappa shape index (κ2) is 5.12. The molecule has 0 bridgehead atoms. The highest BCUT2D eigenvalue weighted by molar-refractivity contribution is 6.09. The average molecular weight is 293 g/mol. The molecule has 2 heteroatoms. The predicted octanol–water partition coefficient (Wildman–Crippen LogP) is 4.06. The van der Waals surface area contributed by atoms with Crippen LogP contribution in [0.1, 0.15) is 41.8 Å². The first kappa shape index (κ1) is 13.8. The van der Waals surface area contributed by atoms with Crippen molar-refractivity contribution in [3.05, 3.63) is 47.0 Å². The van der Waals surface area contributed by atoms with E-state index in [9.17, 15) is 4.79 Å². The number of benzene rings is 2. The molecule has 0 unspecified atom stereocenters. The van der Waals surface area contributed by atoms with Crippen molar-refractivity contribution in [1.29, 1.82) is 0 Å². The zero-order valence-electron chi connectivity index (χ0n) is 13.4. The Morgan fingerprint density at radius 3 is 2.41 bits per heavy atom. The summed E-state index contributed by atoms with van der Waals surface area (Å²) >= 11 is 0. The Bertz CT molecular complexity index is 728. The maximum atomic E-state index is 13.1. The highest BCUT2D eigenvalue weighted by Gasteiger charge is 2.28. The molecule has 1 saturated heterocycles. The van der Waals surface area contributed by atoms with Gasteiger partial charge in [-0.25, -0.2) is 0 Å². The lowest BCUT2D eigenvalue weighted by atomic mass is 9.91. The molecule has 2 atom stereocenters. The molecule has 1 heterocycles. The predicted molar refractivity (Wildman–Crippen MR) is 90.2 cm³/mol. The smallest absolute Gasteiger partial charge is 0.254 e. The lowest BCUT2D eigenvalue weighted by Gasteiger charge is -2.35. The summed E-state index contributed by atoms with van der Waals surface area (Å²) in [6.45, 7) is 6.30. The van der Waals surface area contributed by atoms with Gasteiger partial charge in [0.05, 0.1) is 0 Å². The standard InChI is InChI=1S/C20H23NO/c1-13-10-14(2)12-21(11-13)20(22)18-9-8-16-7-6-15-4-3-5-17(18)19(15)16/h3-5,8-9,13-14H,6-7,10-12H2,1-2H3/t13-,14-/m1/s1. The lowest BCUT2D eigenvalue weighted by Crippen LogP contribution is -2.42. The number of hydrogen-bond donors (Lipinski definition) is 0. The van der Waals surface area contributed by atoms with Crippen LogP contribution in [0.2, 0.25) is 0 Å². The summed E-state index contributed by atoms with van der Waals surface area (Å²) in [5.74, 6) is 1.42. The van der Waals surface area contributed by atoms with Crippen LogP contribution in [0.5, 0.6) is 0 Å². The van der Waals surface area contributed by atoms with Gasteiger partial charge in [-0.2, -0.15) is 0 Å². The molecule has 0 spiro atoms. The Morgan fingerprint density at radius 1 is 1.00 bits per heavy atom. The number of hydrogen-bond acceptors (Lipinski definition) is 1. The number of rotatable bonds is 1. The molecule has 2 aliphatic rings. The van der Waals surface area contributed by atoms with E-state index < -0.39 is 0 Å². The molecule has 1 fully saturated rings. The Labute approximate surface area is 132 Å². The van der Waals surface area contributed by atoms with Gasteiger partial charge < -0.3 is 4.90 Å². The average Bonchev–Trinajstić information content (AvgIpc) is 2.91. The van der Waals surface area contributed by atoms with Crippen molar-refractivity contribution in [2.45, 2.75) is 33.1 Å². The SMILES string of the molecule is C[C@@H]1C[C@@H](C)CN(C(=O)c2ccc3c4c(cccc24)CC3)C1. The van der Waals surface area contributed by atoms with Gasteiger partial charge >= 0.3 is 0 Å². The van der Waals surface area contributed by atoms with Gasteiger partial charge in [0.1, 0.15) is 0 Å². The minimum Gasteiger partial charge on any atom is -0.338 e. The molecule has 0 N–H and O–H groups in total. The zero-order chi connectivity index (χ0) is 15.3. The van der Waals surface area contributed by atoms with Crippen LogP contribution in [-0.4, -0.2) is 23.9 Å². The fourth-order valence-corrected chi connectivity index (χ4v) is 4.43. The van der Waals surface area contributed by atoms with E-state index in [0.29, 0.717) is 11.8 Å². The van der Waals surface area contributed by atoms with E-state index in [2.05, 4.69) is 49.1 Å². The minimum absolute atomic E-state index is 0.217. The summed E-state index contributed by atoms with van der Waals surface area (Å²) in [7, 11) is 0. The number of piperidine rings is 1. The Balaban J connectivity index is 1.77. The third kappa shape index (κ3) is 2.13. The Hall–Kier alpha value is -1.83. The third-order valence-corrected chi connectivity index (χ3v) is 5.26. The number of nitrogens with zero attached hydrogens (tertiary/aromatic N) is 1. The van der Waals surface area contributed by atoms with Crippen molar-refractivity contribution >= 4 is 16.7 Å². The molecular weight excluding hydrogens is 270 g/mol. The zero-order valence-corrected chi connectivity index (χ0v) is 13.4. The molecule has 114 valence electrons. The molecule has 1 aliphatic heterocycles. The number of likely N-dealkylation sites (tertiary alicyclic amines) is 1. The van der Waals surface area contributed by atoms with Crippen LogP contribution in [0.15, 0.2) is 30.3 Å². The number of amides is 1. The lowest BCUT2D eigenvalue weighted by molar-refractivity contribution is 0.0625. The normalized spacial score (nSPS) is 24.0. The number of carbonyl (C=O) groups excluding carboxylic acids is 1. The highest BCUT2D eigenvalue weighted by atomic mass is 16.2. The molecule has 0 aromatic heterocycles. The van der Waals surface area contributed by atoms with E-state index in [-0.39, 0.29) is 5.91 Å². The van der Waals surface area contributed by atoms with Gasteiger partial charge in [0.25, 0.3) is 5.91 Å². The van der Waals surface area contributed by atoms with E-state index in [1.54, 1.807) is 0 Å². The molecule has 1 aliphatic carbocycles. The molecule has 2 aromatic rings. The molecule has 1 amide bonds. The molecule has 0 saturated carbocycles. The summed E-state index contributed by atoms with van der Waals surface area (Å²) in [6, 6.07) is 10.7. The molecular formula is C20H23NO. The quantitative estimate of drug-likeness (QED) is 0.776. The fourth-order valence-electron chi connectivity index (χ4n) is 4.43. The van der Waals surface area contributed by atoms with Gasteiger partial charge in [-0.15, -0.1) is 0 Å². The van der Waals surface area contributed by atoms with E-state index in [1.807, 2.05) is 0 Å². The first-order valence-electron chi connectivity index (χ1n) is 8.46. The van der Waals surface area contributed by atoms with Crippen LogP contribution < -0.4 is 0 Å². The molecule has 4 rings (SSSR count). The summed E-state index contributed by atoms with van der Waals surface area (Å²) in [6.07, 6.45) is 3.46.